The van der Waals surface area contributed by atoms with Gasteiger partial charge in [0.1, 0.15) is 0 Å². The van der Waals surface area contributed by atoms with Gasteiger partial charge in [0.2, 0.25) is 5.91 Å². The van der Waals surface area contributed by atoms with Crippen molar-refractivity contribution < 1.29 is 18.0 Å². The van der Waals surface area contributed by atoms with Crippen molar-refractivity contribution in [2.75, 3.05) is 5.32 Å². The predicted molar refractivity (Wildman–Crippen MR) is 85.2 cm³/mol. The monoisotopic (exact) mass is 347 g/mol. The first kappa shape index (κ1) is 16.6. The Morgan fingerprint density at radius 1 is 1.28 bits per heavy atom. The summed E-state index contributed by atoms with van der Waals surface area (Å²) in [6.45, 7) is 5.09. The molecule has 0 aliphatic heterocycles. The molecule has 0 aliphatic rings. The molecule has 0 aliphatic carbocycles. The summed E-state index contributed by atoms with van der Waals surface area (Å²) in [6.07, 6.45) is -1.15. The van der Waals surface area contributed by atoms with E-state index in [2.05, 4.69) is 27.0 Å². The van der Waals surface area contributed by atoms with Crippen LogP contribution < -0.4 is 5.32 Å². The fraction of sp³-hybridized carbons (Fsp3) is 0.125. The van der Waals surface area contributed by atoms with E-state index < -0.39 is 11.7 Å². The Hall–Kier alpha value is -3.23. The normalized spacial score (nSPS) is 11.5. The molecule has 6 nitrogen and oxygen atoms in total. The van der Waals surface area contributed by atoms with Gasteiger partial charge in [0.15, 0.2) is 11.5 Å². The molecule has 9 heteroatoms. The fourth-order valence-corrected chi connectivity index (χ4v) is 2.24. The third-order valence-corrected chi connectivity index (χ3v) is 3.45. The van der Waals surface area contributed by atoms with Gasteiger partial charge in [-0.15, -0.1) is 0 Å². The number of nitrogens with one attached hydrogen (secondary N) is 1. The molecule has 0 spiro atoms. The average Bonchev–Trinajstić information content (AvgIpc) is 2.90. The van der Waals surface area contributed by atoms with E-state index in [1.807, 2.05) is 0 Å². The molecule has 128 valence electrons. The lowest BCUT2D eigenvalue weighted by Crippen LogP contribution is -2.08. The Kier molecular flexibility index (Phi) is 3.99. The summed E-state index contributed by atoms with van der Waals surface area (Å²) >= 11 is 0. The summed E-state index contributed by atoms with van der Waals surface area (Å²) in [5.74, 6) is -0.169. The highest BCUT2D eigenvalue weighted by molar-refractivity contribution is 5.99. The van der Waals surface area contributed by atoms with Crippen LogP contribution in [0.1, 0.15) is 11.3 Å². The highest BCUT2D eigenvalue weighted by Gasteiger charge is 2.30. The summed E-state index contributed by atoms with van der Waals surface area (Å²) in [5, 5.41) is 7.50. The maximum Gasteiger partial charge on any atom is 0.417 e. The smallest absolute Gasteiger partial charge is 0.321 e. The number of aromatic nitrogens is 4. The number of fused-ring (bicyclic) bond motifs is 1. The van der Waals surface area contributed by atoms with Crippen molar-refractivity contribution in [3.63, 3.8) is 0 Å². The Labute approximate surface area is 140 Å². The standard InChI is InChI=1S/C16H12F3N5O/c1-3-14(25)22-11-6-12-9(2)23-24(15(12)21-8-11)13-5-4-10(7-20-13)16(17,18)19/h3-8H,1H2,2H3,(H,22,25). The number of aryl methyl sites for hydroxylation is 1. The molecule has 1 N–H and O–H groups in total. The lowest BCUT2D eigenvalue weighted by atomic mass is 10.2. The maximum absolute atomic E-state index is 12.6. The molecule has 0 fully saturated rings. The molecule has 3 rings (SSSR count). The first-order valence-corrected chi connectivity index (χ1v) is 7.12. The summed E-state index contributed by atoms with van der Waals surface area (Å²) in [7, 11) is 0. The Bertz CT molecular complexity index is 960. The fourth-order valence-electron chi connectivity index (χ4n) is 2.24. The molecule has 0 bridgehead atoms. The maximum atomic E-state index is 12.6. The number of rotatable bonds is 3. The summed E-state index contributed by atoms with van der Waals surface area (Å²) in [6, 6.07) is 3.83. The van der Waals surface area contributed by atoms with Crippen molar-refractivity contribution in [3.05, 3.63) is 54.5 Å². The van der Waals surface area contributed by atoms with E-state index >= 15 is 0 Å². The number of alkyl halides is 3. The van der Waals surface area contributed by atoms with Gasteiger partial charge in [-0.2, -0.15) is 23.0 Å². The molecule has 0 aromatic carbocycles. The molecule has 0 radical (unpaired) electrons. The van der Waals surface area contributed by atoms with Crippen LogP contribution in [0, 0.1) is 6.92 Å². The Morgan fingerprint density at radius 2 is 2.04 bits per heavy atom. The zero-order valence-corrected chi connectivity index (χ0v) is 13.0. The highest BCUT2D eigenvalue weighted by Crippen LogP contribution is 2.29. The van der Waals surface area contributed by atoms with Gasteiger partial charge < -0.3 is 5.32 Å². The van der Waals surface area contributed by atoms with Gasteiger partial charge in [-0.05, 0) is 31.2 Å². The second-order valence-electron chi connectivity index (χ2n) is 5.19. The number of hydrogen-bond donors (Lipinski definition) is 1. The molecule has 0 saturated heterocycles. The van der Waals surface area contributed by atoms with Crippen LogP contribution in [0.3, 0.4) is 0 Å². The lowest BCUT2D eigenvalue weighted by molar-refractivity contribution is -0.137. The first-order valence-electron chi connectivity index (χ1n) is 7.12. The van der Waals surface area contributed by atoms with Crippen LogP contribution in [0.4, 0.5) is 18.9 Å². The molecular weight excluding hydrogens is 335 g/mol. The van der Waals surface area contributed by atoms with Gasteiger partial charge in [-0.1, -0.05) is 6.58 Å². The molecular formula is C16H12F3N5O. The second kappa shape index (κ2) is 6.00. The van der Waals surface area contributed by atoms with Crippen LogP contribution >= 0.6 is 0 Å². The largest absolute Gasteiger partial charge is 0.417 e. The molecule has 0 atom stereocenters. The number of anilines is 1. The van der Waals surface area contributed by atoms with Crippen molar-refractivity contribution in [1.82, 2.24) is 19.7 Å². The van der Waals surface area contributed by atoms with Gasteiger partial charge in [-0.3, -0.25) is 4.79 Å². The number of hydrogen-bond acceptors (Lipinski definition) is 4. The van der Waals surface area contributed by atoms with Crippen molar-refractivity contribution in [2.24, 2.45) is 0 Å². The SMILES string of the molecule is C=CC(=O)Nc1cnc2c(c1)c(C)nn2-c1ccc(C(F)(F)F)cn1. The first-order chi connectivity index (χ1) is 11.8. The van der Waals surface area contributed by atoms with E-state index in [0.29, 0.717) is 22.4 Å². The molecule has 3 heterocycles. The number of carbonyl (C=O) groups is 1. The van der Waals surface area contributed by atoms with Crippen molar-refractivity contribution in [3.8, 4) is 5.82 Å². The van der Waals surface area contributed by atoms with Crippen LogP contribution in [0.15, 0.2) is 43.2 Å². The highest BCUT2D eigenvalue weighted by atomic mass is 19.4. The molecule has 0 saturated carbocycles. The van der Waals surface area contributed by atoms with Gasteiger partial charge in [-0.25, -0.2) is 9.97 Å². The number of nitrogens with zero attached hydrogens (tertiary/aromatic N) is 4. The number of halogens is 3. The van der Waals surface area contributed by atoms with Crippen molar-refractivity contribution >= 4 is 22.6 Å². The van der Waals surface area contributed by atoms with E-state index in [4.69, 9.17) is 0 Å². The topological polar surface area (TPSA) is 72.7 Å². The minimum atomic E-state index is -4.45. The number of amides is 1. The predicted octanol–water partition coefficient (Wildman–Crippen LogP) is 3.27. The van der Waals surface area contributed by atoms with E-state index in [0.717, 1.165) is 18.3 Å². The van der Waals surface area contributed by atoms with Gasteiger partial charge in [0, 0.05) is 11.6 Å². The van der Waals surface area contributed by atoms with Crippen LogP contribution in [-0.2, 0) is 11.0 Å². The van der Waals surface area contributed by atoms with Crippen LogP contribution in [0.5, 0.6) is 0 Å². The molecule has 0 unspecified atom stereocenters. The minimum absolute atomic E-state index is 0.210. The van der Waals surface area contributed by atoms with E-state index in [-0.39, 0.29) is 11.7 Å². The molecule has 25 heavy (non-hydrogen) atoms. The Morgan fingerprint density at radius 3 is 2.64 bits per heavy atom. The zero-order chi connectivity index (χ0) is 18.2. The van der Waals surface area contributed by atoms with Gasteiger partial charge in [0.25, 0.3) is 0 Å². The summed E-state index contributed by atoms with van der Waals surface area (Å²) in [4.78, 5) is 19.4. The quantitative estimate of drug-likeness (QED) is 0.738. The lowest BCUT2D eigenvalue weighted by Gasteiger charge is -2.07. The average molecular weight is 347 g/mol. The van der Waals surface area contributed by atoms with Crippen LogP contribution in [0.2, 0.25) is 0 Å². The molecule has 3 aromatic rings. The van der Waals surface area contributed by atoms with E-state index in [9.17, 15) is 18.0 Å². The summed E-state index contributed by atoms with van der Waals surface area (Å²) in [5.41, 5.74) is 0.632. The van der Waals surface area contributed by atoms with Crippen LogP contribution in [-0.4, -0.2) is 25.7 Å². The second-order valence-corrected chi connectivity index (χ2v) is 5.19. The third kappa shape index (κ3) is 3.21. The van der Waals surface area contributed by atoms with E-state index in [1.54, 1.807) is 13.0 Å². The van der Waals surface area contributed by atoms with Crippen molar-refractivity contribution in [1.29, 1.82) is 0 Å². The molecule has 3 aromatic heterocycles. The zero-order valence-electron chi connectivity index (χ0n) is 13.0. The number of carbonyl (C=O) groups excluding carboxylic acids is 1. The number of pyridine rings is 2. The van der Waals surface area contributed by atoms with E-state index in [1.165, 1.54) is 16.9 Å². The van der Waals surface area contributed by atoms with Gasteiger partial charge in [0.05, 0.1) is 23.1 Å². The van der Waals surface area contributed by atoms with Gasteiger partial charge >= 0.3 is 6.18 Å². The van der Waals surface area contributed by atoms with Crippen molar-refractivity contribution in [2.45, 2.75) is 13.1 Å². The van der Waals surface area contributed by atoms with Crippen LogP contribution in [0.25, 0.3) is 16.9 Å². The molecule has 1 amide bonds. The Balaban J connectivity index is 2.03. The third-order valence-electron chi connectivity index (χ3n) is 3.45. The minimum Gasteiger partial charge on any atom is -0.321 e. The summed E-state index contributed by atoms with van der Waals surface area (Å²) < 4.78 is 39.3.